The van der Waals surface area contributed by atoms with Gasteiger partial charge in [-0.05, 0) is 51.2 Å². The van der Waals surface area contributed by atoms with Crippen LogP contribution in [0.1, 0.15) is 45.2 Å². The van der Waals surface area contributed by atoms with Gasteiger partial charge in [0.25, 0.3) is 5.91 Å². The van der Waals surface area contributed by atoms with Crippen molar-refractivity contribution in [2.45, 2.75) is 30.6 Å². The highest BCUT2D eigenvalue weighted by atomic mass is 16.4. The summed E-state index contributed by atoms with van der Waals surface area (Å²) >= 11 is 0. The first-order valence-electron chi connectivity index (χ1n) is 14.0. The number of amides is 1. The number of phenolic OH excluding ortho intramolecular Hbond substituents is 1. The van der Waals surface area contributed by atoms with E-state index in [1.807, 2.05) is 0 Å². The number of carbonyl (C=O) groups excluding carboxylic acids is 3. The van der Waals surface area contributed by atoms with Crippen molar-refractivity contribution in [3.8, 4) is 5.75 Å². The third kappa shape index (κ3) is 4.50. The van der Waals surface area contributed by atoms with E-state index in [1.54, 1.807) is 0 Å². The number of likely N-dealkylation sites (N-methyl/N-ethyl adjacent to an activating group) is 1. The van der Waals surface area contributed by atoms with Crippen molar-refractivity contribution in [2.24, 2.45) is 11.8 Å². The summed E-state index contributed by atoms with van der Waals surface area (Å²) in [6.07, 6.45) is -0.309. The lowest BCUT2D eigenvalue weighted by Gasteiger charge is -2.53. The minimum absolute atomic E-state index is 0.104. The van der Waals surface area contributed by atoms with Crippen LogP contribution in [0.3, 0.4) is 0 Å². The molecule has 1 fully saturated rings. The van der Waals surface area contributed by atoms with Crippen molar-refractivity contribution >= 4 is 40.9 Å². The van der Waals surface area contributed by atoms with Gasteiger partial charge in [-0.25, -0.2) is 9.59 Å². The molecule has 3 aliphatic carbocycles. The van der Waals surface area contributed by atoms with Crippen molar-refractivity contribution in [1.29, 1.82) is 0 Å². The van der Waals surface area contributed by atoms with Crippen LogP contribution in [-0.4, -0.2) is 102 Å². The fourth-order valence-corrected chi connectivity index (χ4v) is 6.90. The molecular weight excluding hydrogens is 606 g/mol. The quantitative estimate of drug-likeness (QED) is 0.150. The van der Waals surface area contributed by atoms with Crippen LogP contribution in [0.15, 0.2) is 53.3 Å². The van der Waals surface area contributed by atoms with E-state index >= 15 is 0 Å². The van der Waals surface area contributed by atoms with Crippen molar-refractivity contribution in [2.75, 3.05) is 26.1 Å². The first-order valence-corrected chi connectivity index (χ1v) is 14.0. The summed E-state index contributed by atoms with van der Waals surface area (Å²) < 4.78 is 0. The molecule has 3 aliphatic rings. The van der Waals surface area contributed by atoms with Gasteiger partial charge in [0.1, 0.15) is 22.8 Å². The summed E-state index contributed by atoms with van der Waals surface area (Å²) in [6, 6.07) is 6.32. The van der Waals surface area contributed by atoms with Crippen LogP contribution < -0.4 is 10.6 Å². The van der Waals surface area contributed by atoms with Gasteiger partial charge in [-0.3, -0.25) is 19.3 Å². The summed E-state index contributed by atoms with van der Waals surface area (Å²) in [6.45, 7) is 0.778. The molecule has 2 aromatic carbocycles. The minimum atomic E-state index is -2.92. The maximum Gasteiger partial charge on any atom is 0.338 e. The van der Waals surface area contributed by atoms with E-state index in [9.17, 15) is 59.7 Å². The van der Waals surface area contributed by atoms with Gasteiger partial charge in [-0.1, -0.05) is 18.2 Å². The predicted molar refractivity (Wildman–Crippen MR) is 158 cm³/mol. The van der Waals surface area contributed by atoms with Crippen molar-refractivity contribution < 1.29 is 59.7 Å². The summed E-state index contributed by atoms with van der Waals surface area (Å²) in [5.41, 5.74) is -7.73. The summed E-state index contributed by atoms with van der Waals surface area (Å²) in [5, 5.41) is 80.3. The molecule has 15 nitrogen and oxygen atoms in total. The molecule has 46 heavy (non-hydrogen) atoms. The second-order valence-corrected chi connectivity index (χ2v) is 11.8. The third-order valence-electron chi connectivity index (χ3n) is 9.04. The lowest BCUT2D eigenvalue weighted by Crippen LogP contribution is -2.67. The van der Waals surface area contributed by atoms with Gasteiger partial charge in [0, 0.05) is 17.4 Å². The van der Waals surface area contributed by atoms with Crippen LogP contribution in [0.25, 0.3) is 5.76 Å². The Labute approximate surface area is 260 Å². The number of carbonyl (C=O) groups is 5. The number of carboxylic acid groups (broad SMARTS) is 2. The number of aliphatic hydroxyl groups is 4. The van der Waals surface area contributed by atoms with E-state index in [-0.39, 0.29) is 23.2 Å². The molecule has 0 bridgehead atoms. The van der Waals surface area contributed by atoms with Gasteiger partial charge in [-0.15, -0.1) is 0 Å². The molecule has 0 aromatic heterocycles. The Morgan fingerprint density at radius 2 is 1.63 bits per heavy atom. The number of fused-ring (bicyclic) bond motifs is 3. The molecule has 2 aromatic rings. The van der Waals surface area contributed by atoms with Crippen LogP contribution in [0.4, 0.5) is 5.69 Å². The van der Waals surface area contributed by atoms with Gasteiger partial charge in [0.15, 0.2) is 11.4 Å². The number of anilines is 1. The monoisotopic (exact) mass is 637 g/mol. The number of nitrogens with one attached hydrogen (secondary N) is 2. The van der Waals surface area contributed by atoms with Crippen molar-refractivity contribution in [1.82, 2.24) is 10.2 Å². The zero-order valence-corrected chi connectivity index (χ0v) is 24.7. The van der Waals surface area contributed by atoms with Crippen LogP contribution in [-0.2, 0) is 20.0 Å². The Kier molecular flexibility index (Phi) is 7.67. The summed E-state index contributed by atoms with van der Waals surface area (Å²) in [5.74, 6) is -11.7. The Hall–Kier alpha value is -5.25. The molecule has 0 aliphatic heterocycles. The molecule has 0 unspecified atom stereocenters. The molecule has 0 radical (unpaired) electrons. The Balaban J connectivity index is 1.55. The fraction of sp³-hybridized carbons (Fsp3) is 0.323. The third-order valence-corrected chi connectivity index (χ3v) is 9.04. The molecule has 5 rings (SSSR count). The zero-order valence-electron chi connectivity index (χ0n) is 24.7. The highest BCUT2D eigenvalue weighted by Gasteiger charge is 2.66. The summed E-state index contributed by atoms with van der Waals surface area (Å²) in [4.78, 5) is 65.9. The average Bonchev–Trinajstić information content (AvgIpc) is 2.97. The fourth-order valence-electron chi connectivity index (χ4n) is 6.90. The smallest absolute Gasteiger partial charge is 0.338 e. The Morgan fingerprint density at radius 1 is 0.978 bits per heavy atom. The first kappa shape index (κ1) is 32.2. The lowest BCUT2D eigenvalue weighted by molar-refractivity contribution is -0.159. The number of benzene rings is 2. The number of phenols is 1. The first-order chi connectivity index (χ1) is 21.5. The molecule has 15 heteroatoms. The Bertz CT molecular complexity index is 1790. The number of aromatic hydroxyl groups is 1. The van der Waals surface area contributed by atoms with E-state index in [1.165, 1.54) is 56.3 Å². The molecule has 0 spiro atoms. The molecule has 5 atom stereocenters. The van der Waals surface area contributed by atoms with Gasteiger partial charge in [-0.2, -0.15) is 0 Å². The molecule has 9 N–H and O–H groups in total. The van der Waals surface area contributed by atoms with Crippen molar-refractivity contribution in [3.63, 3.8) is 0 Å². The molecule has 0 heterocycles. The largest absolute Gasteiger partial charge is 0.508 e. The van der Waals surface area contributed by atoms with Crippen LogP contribution in [0.2, 0.25) is 0 Å². The van der Waals surface area contributed by atoms with E-state index < -0.39 is 105 Å². The normalized spacial score (nSPS) is 27.1. The second kappa shape index (κ2) is 11.0. The molecule has 1 saturated carbocycles. The predicted octanol–water partition coefficient (Wildman–Crippen LogP) is 0.726. The highest BCUT2D eigenvalue weighted by molar-refractivity contribution is 6.25. The van der Waals surface area contributed by atoms with Gasteiger partial charge < -0.3 is 46.4 Å². The maximum atomic E-state index is 14.1. The standard InChI is InChI=1S/C31H31N3O12/c1-30(45)13-7-5-9-17(35)19(13)23(36)20-14(30)10-15-22(34(2)3)24(37)21(26(39)31(15,46)25(20)38)27(40)33-11-32-16-8-4-6-12(28(41)42)18(16)29(43)44/h4-9,14-15,22,32,35-36,39,45-46H,10-11H2,1-3H3,(H,33,40)(H,41,42)(H,43,44)/t14-,15-,22-,30+,31+/m0/s1. The average molecular weight is 638 g/mol. The van der Waals surface area contributed by atoms with E-state index in [0.29, 0.717) is 0 Å². The number of Topliss-reactive ketones (excluding diaryl/α,β-unsaturated/α-hetero) is 2. The highest BCUT2D eigenvalue weighted by Crippen LogP contribution is 2.57. The van der Waals surface area contributed by atoms with Gasteiger partial charge in [0.05, 0.1) is 40.7 Å². The van der Waals surface area contributed by atoms with Crippen LogP contribution >= 0.6 is 0 Å². The van der Waals surface area contributed by atoms with Crippen LogP contribution in [0.5, 0.6) is 5.75 Å². The SMILES string of the molecule is CN(C)[C@@H]1C(=O)C(C(=O)NCNc2cccc(C(=O)O)c2C(=O)O)=C(O)[C@]2(O)C(=O)C3=C(O)c4c(O)cccc4[C@@](C)(O)[C@H]3C[C@@H]12. The second-order valence-electron chi connectivity index (χ2n) is 11.8. The van der Waals surface area contributed by atoms with Crippen LogP contribution in [0, 0.1) is 11.8 Å². The van der Waals surface area contributed by atoms with Crippen molar-refractivity contribution in [3.05, 3.63) is 75.6 Å². The lowest BCUT2D eigenvalue weighted by atomic mass is 9.54. The zero-order chi connectivity index (χ0) is 34.0. The van der Waals surface area contributed by atoms with E-state index in [2.05, 4.69) is 10.6 Å². The summed E-state index contributed by atoms with van der Waals surface area (Å²) in [7, 11) is 2.90. The molecule has 0 saturated heterocycles. The molecular formula is C31H31N3O12. The topological polar surface area (TPSA) is 254 Å². The molecule has 242 valence electrons. The van der Waals surface area contributed by atoms with E-state index in [0.717, 1.165) is 6.07 Å². The number of aromatic carboxylic acids is 2. The maximum absolute atomic E-state index is 14.1. The van der Waals surface area contributed by atoms with Gasteiger partial charge >= 0.3 is 11.9 Å². The van der Waals surface area contributed by atoms with Gasteiger partial charge in [0.2, 0.25) is 5.78 Å². The van der Waals surface area contributed by atoms with E-state index in [4.69, 9.17) is 0 Å². The number of aliphatic hydroxyl groups excluding tert-OH is 2. The number of hydrogen-bond acceptors (Lipinski definition) is 12. The minimum Gasteiger partial charge on any atom is -0.508 e. The number of ketones is 2. The number of carboxylic acids is 2. The molecule has 1 amide bonds. The Morgan fingerprint density at radius 3 is 2.24 bits per heavy atom. The number of nitrogens with zero attached hydrogens (tertiary/aromatic N) is 1. The number of rotatable bonds is 7. The number of hydrogen-bond donors (Lipinski definition) is 9.